The SMILES string of the molecule is CC(CO)NSC(=O)CN1CCN(CC(=O)O)CCN(CC(=O)O)CCN(CC(=O)O)CC1. The lowest BCUT2D eigenvalue weighted by Crippen LogP contribution is -2.49. The van der Waals surface area contributed by atoms with Crippen molar-refractivity contribution in [2.45, 2.75) is 13.0 Å². The van der Waals surface area contributed by atoms with Gasteiger partial charge in [0.05, 0.1) is 32.8 Å². The summed E-state index contributed by atoms with van der Waals surface area (Å²) in [5, 5.41) is 36.5. The second kappa shape index (κ2) is 15.9. The van der Waals surface area contributed by atoms with Gasteiger partial charge in [0.2, 0.25) is 5.12 Å². The van der Waals surface area contributed by atoms with Crippen LogP contribution >= 0.6 is 11.9 Å². The van der Waals surface area contributed by atoms with Crippen molar-refractivity contribution >= 4 is 35.0 Å². The van der Waals surface area contributed by atoms with E-state index in [0.717, 1.165) is 11.9 Å². The van der Waals surface area contributed by atoms with Gasteiger partial charge >= 0.3 is 17.9 Å². The highest BCUT2D eigenvalue weighted by atomic mass is 32.2. The Morgan fingerprint density at radius 3 is 1.27 bits per heavy atom. The van der Waals surface area contributed by atoms with Crippen molar-refractivity contribution in [2.75, 3.05) is 85.1 Å². The fourth-order valence-electron chi connectivity index (χ4n) is 3.20. The van der Waals surface area contributed by atoms with Gasteiger partial charge in [-0.25, -0.2) is 0 Å². The van der Waals surface area contributed by atoms with Crippen molar-refractivity contribution in [3.8, 4) is 0 Å². The zero-order chi connectivity index (χ0) is 24.8. The van der Waals surface area contributed by atoms with Crippen LogP contribution in [-0.4, -0.2) is 154 Å². The highest BCUT2D eigenvalue weighted by Gasteiger charge is 2.21. The molecule has 0 aromatic carbocycles. The third-order valence-electron chi connectivity index (χ3n) is 5.01. The fourth-order valence-corrected chi connectivity index (χ4v) is 3.86. The van der Waals surface area contributed by atoms with Crippen molar-refractivity contribution in [1.29, 1.82) is 0 Å². The van der Waals surface area contributed by atoms with E-state index in [-0.39, 0.29) is 43.9 Å². The molecule has 14 heteroatoms. The first-order valence-corrected chi connectivity index (χ1v) is 11.5. The molecule has 1 rings (SSSR count). The van der Waals surface area contributed by atoms with Crippen LogP contribution in [0.1, 0.15) is 6.92 Å². The van der Waals surface area contributed by atoms with Gasteiger partial charge < -0.3 is 20.4 Å². The number of carbonyl (C=O) groups is 4. The monoisotopic (exact) mass is 493 g/mol. The standard InChI is InChI=1S/C19H35N5O8S/c1-15(14-25)20-33-19(32)13-24-8-6-22(11-17(28)29)4-2-21(10-16(26)27)3-5-23(7-9-24)12-18(30)31/h15,20,25H,2-14H2,1H3,(H,26,27)(H,28,29)(H,30,31). The van der Waals surface area contributed by atoms with E-state index in [1.165, 1.54) is 0 Å². The molecule has 0 bridgehead atoms. The zero-order valence-corrected chi connectivity index (χ0v) is 19.7. The third-order valence-corrected chi connectivity index (χ3v) is 5.88. The molecule has 0 spiro atoms. The van der Waals surface area contributed by atoms with Crippen LogP contribution in [-0.2, 0) is 19.2 Å². The van der Waals surface area contributed by atoms with Crippen LogP contribution in [0.15, 0.2) is 0 Å². The Bertz CT molecular complexity index is 624. The van der Waals surface area contributed by atoms with E-state index < -0.39 is 17.9 Å². The third kappa shape index (κ3) is 14.1. The van der Waals surface area contributed by atoms with E-state index in [2.05, 4.69) is 4.72 Å². The van der Waals surface area contributed by atoms with E-state index >= 15 is 0 Å². The van der Waals surface area contributed by atoms with Crippen LogP contribution in [0.4, 0.5) is 0 Å². The van der Waals surface area contributed by atoms with Gasteiger partial charge in [-0.2, -0.15) is 0 Å². The van der Waals surface area contributed by atoms with Crippen LogP contribution in [0.2, 0.25) is 0 Å². The number of aliphatic hydroxyl groups is 1. The number of hydrogen-bond donors (Lipinski definition) is 5. The molecule has 1 atom stereocenters. The summed E-state index contributed by atoms with van der Waals surface area (Å²) in [6.07, 6.45) is 0. The maximum absolute atomic E-state index is 12.4. The van der Waals surface area contributed by atoms with Gasteiger partial charge in [-0.05, 0) is 18.9 Å². The first-order valence-electron chi connectivity index (χ1n) is 10.7. The van der Waals surface area contributed by atoms with E-state index in [9.17, 15) is 34.5 Å². The molecule has 1 unspecified atom stereocenters. The van der Waals surface area contributed by atoms with Gasteiger partial charge in [-0.3, -0.25) is 43.5 Å². The molecular weight excluding hydrogens is 458 g/mol. The fraction of sp³-hybridized carbons (Fsp3) is 0.789. The molecular formula is C19H35N5O8S. The molecule has 1 aliphatic rings. The first-order chi connectivity index (χ1) is 15.6. The van der Waals surface area contributed by atoms with Crippen molar-refractivity contribution in [1.82, 2.24) is 24.3 Å². The van der Waals surface area contributed by atoms with Gasteiger partial charge in [0.25, 0.3) is 0 Å². The van der Waals surface area contributed by atoms with Crippen LogP contribution in [0.3, 0.4) is 0 Å². The van der Waals surface area contributed by atoms with Gasteiger partial charge in [-0.15, -0.1) is 0 Å². The maximum atomic E-state index is 12.4. The number of carboxylic acid groups (broad SMARTS) is 3. The highest BCUT2D eigenvalue weighted by Crippen LogP contribution is 2.05. The summed E-state index contributed by atoms with van der Waals surface area (Å²) < 4.78 is 2.84. The van der Waals surface area contributed by atoms with Gasteiger partial charge in [0.1, 0.15) is 0 Å². The number of nitrogens with zero attached hydrogens (tertiary/aromatic N) is 4. The topological polar surface area (TPSA) is 174 Å². The van der Waals surface area contributed by atoms with Gasteiger partial charge in [-0.1, -0.05) is 0 Å². The molecule has 1 saturated heterocycles. The molecule has 33 heavy (non-hydrogen) atoms. The Hall–Kier alpha value is -1.81. The number of nitrogens with one attached hydrogen (secondary N) is 1. The van der Waals surface area contributed by atoms with Crippen molar-refractivity contribution in [3.05, 3.63) is 0 Å². The van der Waals surface area contributed by atoms with Crippen LogP contribution in [0.25, 0.3) is 0 Å². The number of aliphatic carboxylic acids is 3. The smallest absolute Gasteiger partial charge is 0.317 e. The Balaban J connectivity index is 2.90. The summed E-state index contributed by atoms with van der Waals surface area (Å²) in [4.78, 5) is 53.0. The second-order valence-electron chi connectivity index (χ2n) is 7.96. The van der Waals surface area contributed by atoms with Gasteiger partial charge in [0.15, 0.2) is 0 Å². The van der Waals surface area contributed by atoms with Crippen LogP contribution in [0.5, 0.6) is 0 Å². The van der Waals surface area contributed by atoms with Gasteiger partial charge in [0, 0.05) is 58.4 Å². The molecule has 190 valence electrons. The molecule has 0 aliphatic carbocycles. The normalized spacial score (nSPS) is 19.3. The molecule has 1 aliphatic heterocycles. The minimum Gasteiger partial charge on any atom is -0.480 e. The molecule has 0 aromatic heterocycles. The molecule has 0 radical (unpaired) electrons. The largest absolute Gasteiger partial charge is 0.480 e. The molecule has 0 aromatic rings. The van der Waals surface area contributed by atoms with Crippen molar-refractivity contribution in [3.63, 3.8) is 0 Å². The summed E-state index contributed by atoms with van der Waals surface area (Å²) in [6, 6.07) is -0.254. The van der Waals surface area contributed by atoms with Crippen molar-refractivity contribution < 1.29 is 39.6 Å². The number of hydrogen-bond acceptors (Lipinski definition) is 11. The Kier molecular flexibility index (Phi) is 14.1. The molecule has 5 N–H and O–H groups in total. The molecule has 0 saturated carbocycles. The van der Waals surface area contributed by atoms with E-state index in [0.29, 0.717) is 52.4 Å². The average Bonchev–Trinajstić information content (AvgIpc) is 2.72. The summed E-state index contributed by atoms with van der Waals surface area (Å²) in [6.45, 7) is 3.80. The summed E-state index contributed by atoms with van der Waals surface area (Å²) in [5.74, 6) is -3.01. The average molecular weight is 494 g/mol. The Labute approximate surface area is 197 Å². The molecule has 0 amide bonds. The second-order valence-corrected chi connectivity index (χ2v) is 8.86. The maximum Gasteiger partial charge on any atom is 0.317 e. The minimum absolute atomic E-state index is 0.0722. The minimum atomic E-state index is -1.01. The van der Waals surface area contributed by atoms with Crippen LogP contribution < -0.4 is 4.72 Å². The predicted molar refractivity (Wildman–Crippen MR) is 121 cm³/mol. The number of carbonyl (C=O) groups excluding carboxylic acids is 1. The first kappa shape index (κ1) is 29.2. The quantitative estimate of drug-likeness (QED) is 0.193. The summed E-state index contributed by atoms with van der Waals surface area (Å²) >= 11 is 0.892. The van der Waals surface area contributed by atoms with E-state index in [1.807, 2.05) is 4.90 Å². The predicted octanol–water partition coefficient (Wildman–Crippen LogP) is -2.39. The molecule has 1 fully saturated rings. The number of carboxylic acids is 3. The number of aliphatic hydroxyl groups excluding tert-OH is 1. The molecule has 13 nitrogen and oxygen atoms in total. The lowest BCUT2D eigenvalue weighted by molar-refractivity contribution is -0.140. The Morgan fingerprint density at radius 2 is 1.00 bits per heavy atom. The lowest BCUT2D eigenvalue weighted by atomic mass is 10.3. The van der Waals surface area contributed by atoms with Crippen LogP contribution in [0, 0.1) is 0 Å². The number of rotatable bonds is 11. The molecule has 1 heterocycles. The highest BCUT2D eigenvalue weighted by molar-refractivity contribution is 8.12. The van der Waals surface area contributed by atoms with Crippen molar-refractivity contribution in [2.24, 2.45) is 0 Å². The zero-order valence-electron chi connectivity index (χ0n) is 18.9. The summed E-state index contributed by atoms with van der Waals surface area (Å²) in [7, 11) is 0. The van der Waals surface area contributed by atoms with E-state index in [4.69, 9.17) is 5.11 Å². The van der Waals surface area contributed by atoms with E-state index in [1.54, 1.807) is 21.6 Å². The summed E-state index contributed by atoms with van der Waals surface area (Å²) in [5.41, 5.74) is 0. The lowest BCUT2D eigenvalue weighted by Gasteiger charge is -2.32. The Morgan fingerprint density at radius 1 is 0.697 bits per heavy atom.